The van der Waals surface area contributed by atoms with Crippen molar-refractivity contribution in [3.63, 3.8) is 0 Å². The van der Waals surface area contributed by atoms with Gasteiger partial charge in [-0.25, -0.2) is 0 Å². The van der Waals surface area contributed by atoms with Gasteiger partial charge in [-0.15, -0.1) is 0 Å². The highest BCUT2D eigenvalue weighted by Crippen LogP contribution is 2.17. The number of unbranched alkanes of at least 4 members (excludes halogenated alkanes) is 39. The zero-order valence-corrected chi connectivity index (χ0v) is 43.7. The Balaban J connectivity index is 3.46. The van der Waals surface area contributed by atoms with Crippen molar-refractivity contribution in [3.05, 3.63) is 24.3 Å². The first kappa shape index (κ1) is 63.3. The molecule has 0 heterocycles. The van der Waals surface area contributed by atoms with Crippen LogP contribution in [0.4, 0.5) is 0 Å². The van der Waals surface area contributed by atoms with Crippen LogP contribution in [0.3, 0.4) is 0 Å². The molecule has 6 heteroatoms. The van der Waals surface area contributed by atoms with E-state index >= 15 is 0 Å². The second kappa shape index (κ2) is 54.9. The summed E-state index contributed by atoms with van der Waals surface area (Å²) in [5.41, 5.74) is 0. The number of amides is 1. The number of nitrogens with one attached hydrogen (secondary N) is 1. The van der Waals surface area contributed by atoms with E-state index in [9.17, 15) is 19.8 Å². The van der Waals surface area contributed by atoms with Crippen molar-refractivity contribution in [1.29, 1.82) is 0 Å². The third kappa shape index (κ3) is 51.6. The fourth-order valence-electron chi connectivity index (χ4n) is 8.98. The Hall–Kier alpha value is -1.66. The normalized spacial score (nSPS) is 12.7. The maximum atomic E-state index is 12.5. The van der Waals surface area contributed by atoms with Crippen LogP contribution in [0, 0.1) is 0 Å². The monoisotopic (exact) mass is 916 g/mol. The topological polar surface area (TPSA) is 95.9 Å². The summed E-state index contributed by atoms with van der Waals surface area (Å²) in [6, 6.07) is -0.551. The number of rotatable bonds is 54. The Bertz CT molecular complexity index is 1010. The lowest BCUT2D eigenvalue weighted by Crippen LogP contribution is -2.45. The summed E-state index contributed by atoms with van der Waals surface area (Å²) in [5, 5.41) is 23.3. The van der Waals surface area contributed by atoms with Crippen molar-refractivity contribution in [2.45, 2.75) is 328 Å². The van der Waals surface area contributed by atoms with E-state index in [1.165, 1.54) is 225 Å². The summed E-state index contributed by atoms with van der Waals surface area (Å²) < 4.78 is 5.46. The largest absolute Gasteiger partial charge is 0.466 e. The average molecular weight is 917 g/mol. The van der Waals surface area contributed by atoms with Gasteiger partial charge in [0.1, 0.15) is 0 Å². The second-order valence-electron chi connectivity index (χ2n) is 20.0. The van der Waals surface area contributed by atoms with Crippen molar-refractivity contribution in [2.75, 3.05) is 13.2 Å². The van der Waals surface area contributed by atoms with E-state index < -0.39 is 12.1 Å². The van der Waals surface area contributed by atoms with Crippen LogP contribution < -0.4 is 5.32 Å². The number of aliphatic hydroxyl groups excluding tert-OH is 2. The molecule has 0 bridgehead atoms. The van der Waals surface area contributed by atoms with Gasteiger partial charge in [0.25, 0.3) is 0 Å². The molecule has 0 saturated carbocycles. The minimum Gasteiger partial charge on any atom is -0.466 e. The van der Waals surface area contributed by atoms with E-state index in [1.54, 1.807) is 0 Å². The molecule has 6 nitrogen and oxygen atoms in total. The predicted octanol–water partition coefficient (Wildman–Crippen LogP) is 17.9. The van der Waals surface area contributed by atoms with Gasteiger partial charge in [0, 0.05) is 12.8 Å². The number of esters is 1. The van der Waals surface area contributed by atoms with Gasteiger partial charge in [0.2, 0.25) is 5.91 Å². The quantitative estimate of drug-likeness (QED) is 0.0321. The lowest BCUT2D eigenvalue weighted by Gasteiger charge is -2.22. The van der Waals surface area contributed by atoms with E-state index in [-0.39, 0.29) is 18.5 Å². The van der Waals surface area contributed by atoms with E-state index in [0.717, 1.165) is 57.8 Å². The molecule has 2 unspecified atom stereocenters. The number of carbonyl (C=O) groups excluding carboxylic acids is 2. The summed E-state index contributed by atoms with van der Waals surface area (Å²) >= 11 is 0. The van der Waals surface area contributed by atoms with Crippen molar-refractivity contribution in [1.82, 2.24) is 5.32 Å². The zero-order valence-electron chi connectivity index (χ0n) is 43.7. The lowest BCUT2D eigenvalue weighted by molar-refractivity contribution is -0.143. The summed E-state index contributed by atoms with van der Waals surface area (Å²) in [7, 11) is 0. The van der Waals surface area contributed by atoms with Gasteiger partial charge in [-0.3, -0.25) is 9.59 Å². The molecule has 0 aliphatic rings. The fraction of sp³-hybridized carbons (Fsp3) is 0.898. The van der Waals surface area contributed by atoms with Gasteiger partial charge in [-0.05, 0) is 77.0 Å². The molecule has 0 aromatic heterocycles. The van der Waals surface area contributed by atoms with Gasteiger partial charge >= 0.3 is 5.97 Å². The van der Waals surface area contributed by atoms with Gasteiger partial charge in [0.15, 0.2) is 0 Å². The predicted molar refractivity (Wildman–Crippen MR) is 283 cm³/mol. The number of aliphatic hydroxyl groups is 2. The maximum Gasteiger partial charge on any atom is 0.305 e. The van der Waals surface area contributed by atoms with E-state index in [1.807, 2.05) is 0 Å². The minimum atomic E-state index is -0.672. The summed E-state index contributed by atoms with van der Waals surface area (Å²) in [4.78, 5) is 24.5. The van der Waals surface area contributed by atoms with E-state index in [2.05, 4.69) is 43.5 Å². The number of ether oxygens (including phenoxy) is 1. The smallest absolute Gasteiger partial charge is 0.305 e. The lowest BCUT2D eigenvalue weighted by atomic mass is 10.0. The first-order chi connectivity index (χ1) is 32.0. The van der Waals surface area contributed by atoms with Crippen LogP contribution in [0.15, 0.2) is 24.3 Å². The molecular formula is C59H113NO5. The van der Waals surface area contributed by atoms with Crippen LogP contribution in [0.1, 0.15) is 316 Å². The highest BCUT2D eigenvalue weighted by Gasteiger charge is 2.20. The minimum absolute atomic E-state index is 0.0107. The second-order valence-corrected chi connectivity index (χ2v) is 20.0. The van der Waals surface area contributed by atoms with Crippen molar-refractivity contribution in [2.24, 2.45) is 0 Å². The Morgan fingerprint density at radius 3 is 1.11 bits per heavy atom. The standard InChI is InChI=1S/C59H113NO5/c1-3-5-7-9-11-13-15-17-18-19-21-24-28-31-35-39-43-47-51-57(62)56(55-61)60-58(63)52-48-44-40-36-32-29-25-22-20-23-26-30-34-38-42-46-50-54-65-59(64)53-49-45-41-37-33-27-16-14-12-10-8-6-4-2/h14,16,20,23,56-57,61-62H,3-13,15,17-19,21-22,24-55H2,1-2H3,(H,60,63)/b16-14-,23-20-. The Labute approximate surface area is 405 Å². The van der Waals surface area contributed by atoms with Crippen molar-refractivity contribution in [3.8, 4) is 0 Å². The summed E-state index contributed by atoms with van der Waals surface area (Å²) in [6.45, 7) is 4.93. The molecular weight excluding hydrogens is 803 g/mol. The first-order valence-electron chi connectivity index (χ1n) is 29.1. The third-order valence-electron chi connectivity index (χ3n) is 13.5. The molecule has 1 amide bonds. The number of carbonyl (C=O) groups is 2. The molecule has 0 fully saturated rings. The van der Waals surface area contributed by atoms with Crippen LogP contribution in [0.5, 0.6) is 0 Å². The number of hydrogen-bond donors (Lipinski definition) is 3. The molecule has 384 valence electrons. The molecule has 0 aromatic rings. The van der Waals surface area contributed by atoms with E-state index in [0.29, 0.717) is 25.9 Å². The molecule has 0 saturated heterocycles. The van der Waals surface area contributed by atoms with Gasteiger partial charge in [0.05, 0.1) is 25.4 Å². The Morgan fingerprint density at radius 1 is 0.415 bits per heavy atom. The van der Waals surface area contributed by atoms with Gasteiger partial charge in [-0.1, -0.05) is 250 Å². The molecule has 0 rings (SSSR count). The fourth-order valence-corrected chi connectivity index (χ4v) is 8.98. The van der Waals surface area contributed by atoms with E-state index in [4.69, 9.17) is 4.74 Å². The Morgan fingerprint density at radius 2 is 0.723 bits per heavy atom. The molecule has 0 radical (unpaired) electrons. The molecule has 65 heavy (non-hydrogen) atoms. The van der Waals surface area contributed by atoms with Crippen LogP contribution in [-0.2, 0) is 14.3 Å². The maximum absolute atomic E-state index is 12.5. The highest BCUT2D eigenvalue weighted by molar-refractivity contribution is 5.76. The molecule has 0 spiro atoms. The molecule has 0 aliphatic heterocycles. The molecule has 3 N–H and O–H groups in total. The van der Waals surface area contributed by atoms with Crippen LogP contribution in [0.25, 0.3) is 0 Å². The number of hydrogen-bond acceptors (Lipinski definition) is 5. The molecule has 0 aromatic carbocycles. The van der Waals surface area contributed by atoms with Gasteiger partial charge in [-0.2, -0.15) is 0 Å². The van der Waals surface area contributed by atoms with Crippen LogP contribution in [-0.4, -0.2) is 47.4 Å². The van der Waals surface area contributed by atoms with Gasteiger partial charge < -0.3 is 20.3 Å². The van der Waals surface area contributed by atoms with Crippen LogP contribution in [0.2, 0.25) is 0 Å². The SMILES string of the molecule is CCCCCC/C=C\CCCCCCCC(=O)OCCCCCCCC/C=C\CCCCCCCCCC(=O)NC(CO)C(O)CCCCCCCCCCCCCCCCCCCC. The third-order valence-corrected chi connectivity index (χ3v) is 13.5. The van der Waals surface area contributed by atoms with Crippen molar-refractivity contribution < 1.29 is 24.5 Å². The Kier molecular flexibility index (Phi) is 53.5. The molecule has 0 aliphatic carbocycles. The summed E-state index contributed by atoms with van der Waals surface area (Å²) in [6.07, 6.45) is 65.9. The molecule has 2 atom stereocenters. The average Bonchev–Trinajstić information content (AvgIpc) is 3.31. The summed E-state index contributed by atoms with van der Waals surface area (Å²) in [5.74, 6) is -0.0559. The van der Waals surface area contributed by atoms with Crippen LogP contribution >= 0.6 is 0 Å². The highest BCUT2D eigenvalue weighted by atomic mass is 16.5. The number of allylic oxidation sites excluding steroid dienone is 4. The van der Waals surface area contributed by atoms with Crippen molar-refractivity contribution >= 4 is 11.9 Å². The zero-order chi connectivity index (χ0) is 47.2. The first-order valence-corrected chi connectivity index (χ1v) is 29.1.